The number of rotatable bonds is 3. The minimum absolute atomic E-state index is 0.118. The standard InChI is InChI=1S/C6H11ClNP/c1-3-5(2)4-6(7)8-9/h3-4,6,8H,1,9H2,2H3/b5-4+. The van der Waals surface area contributed by atoms with Gasteiger partial charge in [0, 0.05) is 0 Å². The SMILES string of the molecule is C=C/C(C)=C/C(Cl)NP. The Morgan fingerprint density at radius 1 is 1.89 bits per heavy atom. The third-order valence-corrected chi connectivity index (χ3v) is 1.71. The van der Waals surface area contributed by atoms with E-state index in [9.17, 15) is 0 Å². The number of nitrogens with one attached hydrogen (secondary N) is 1. The molecule has 2 atom stereocenters. The van der Waals surface area contributed by atoms with Crippen LogP contribution in [0.2, 0.25) is 0 Å². The highest BCUT2D eigenvalue weighted by Gasteiger charge is 1.92. The van der Waals surface area contributed by atoms with Crippen molar-refractivity contribution in [3.8, 4) is 0 Å². The largest absolute Gasteiger partial charge is 0.282 e. The van der Waals surface area contributed by atoms with Gasteiger partial charge in [0.25, 0.3) is 0 Å². The van der Waals surface area contributed by atoms with Crippen molar-refractivity contribution in [2.75, 3.05) is 0 Å². The second kappa shape index (κ2) is 4.99. The maximum Gasteiger partial charge on any atom is 0.105 e. The van der Waals surface area contributed by atoms with E-state index in [1.54, 1.807) is 6.08 Å². The molecule has 0 amide bonds. The molecule has 0 spiro atoms. The van der Waals surface area contributed by atoms with Gasteiger partial charge in [-0.3, -0.25) is 5.09 Å². The molecule has 3 heteroatoms. The fourth-order valence-corrected chi connectivity index (χ4v) is 0.642. The zero-order valence-electron chi connectivity index (χ0n) is 5.39. The lowest BCUT2D eigenvalue weighted by Gasteiger charge is -2.00. The van der Waals surface area contributed by atoms with Gasteiger partial charge in [-0.2, -0.15) is 0 Å². The molecule has 0 radical (unpaired) electrons. The molecule has 1 N–H and O–H groups in total. The molecule has 0 aliphatic rings. The maximum atomic E-state index is 5.68. The summed E-state index contributed by atoms with van der Waals surface area (Å²) in [5.74, 6) is 0. The quantitative estimate of drug-likeness (QED) is 0.291. The van der Waals surface area contributed by atoms with Crippen molar-refractivity contribution < 1.29 is 0 Å². The number of alkyl halides is 1. The highest BCUT2D eigenvalue weighted by Crippen LogP contribution is 2.01. The molecule has 52 valence electrons. The van der Waals surface area contributed by atoms with Crippen LogP contribution in [0.5, 0.6) is 0 Å². The summed E-state index contributed by atoms with van der Waals surface area (Å²) in [5, 5.41) is 2.79. The number of hydrogen-bond acceptors (Lipinski definition) is 1. The van der Waals surface area contributed by atoms with E-state index in [4.69, 9.17) is 11.6 Å². The van der Waals surface area contributed by atoms with Crippen molar-refractivity contribution in [1.82, 2.24) is 5.09 Å². The molecule has 0 rings (SSSR count). The normalized spacial score (nSPS) is 15.2. The monoisotopic (exact) mass is 163 g/mol. The molecule has 0 aromatic heterocycles. The molecule has 0 aliphatic heterocycles. The Morgan fingerprint density at radius 3 is 2.78 bits per heavy atom. The highest BCUT2D eigenvalue weighted by molar-refractivity contribution is 7.13. The summed E-state index contributed by atoms with van der Waals surface area (Å²) in [4.78, 5) is 0. The number of halogens is 1. The summed E-state index contributed by atoms with van der Waals surface area (Å²) in [7, 11) is 2.34. The van der Waals surface area contributed by atoms with Gasteiger partial charge in [0.05, 0.1) is 0 Å². The van der Waals surface area contributed by atoms with E-state index in [0.717, 1.165) is 5.57 Å². The van der Waals surface area contributed by atoms with Crippen molar-refractivity contribution in [3.05, 3.63) is 24.3 Å². The van der Waals surface area contributed by atoms with Crippen LogP contribution >= 0.6 is 21.0 Å². The molecular weight excluding hydrogens is 152 g/mol. The van der Waals surface area contributed by atoms with Crippen LogP contribution in [0.25, 0.3) is 0 Å². The van der Waals surface area contributed by atoms with Crippen LogP contribution < -0.4 is 5.09 Å². The van der Waals surface area contributed by atoms with Crippen LogP contribution in [-0.2, 0) is 0 Å². The summed E-state index contributed by atoms with van der Waals surface area (Å²) in [6.07, 6.45) is 3.64. The molecule has 2 unspecified atom stereocenters. The van der Waals surface area contributed by atoms with Crippen LogP contribution in [0, 0.1) is 0 Å². The van der Waals surface area contributed by atoms with Gasteiger partial charge in [-0.1, -0.05) is 27.6 Å². The van der Waals surface area contributed by atoms with Gasteiger partial charge in [0.2, 0.25) is 0 Å². The van der Waals surface area contributed by atoms with Crippen LogP contribution in [0.15, 0.2) is 24.3 Å². The van der Waals surface area contributed by atoms with Gasteiger partial charge >= 0.3 is 0 Å². The van der Waals surface area contributed by atoms with Gasteiger partial charge in [0.1, 0.15) is 5.50 Å². The molecule has 9 heavy (non-hydrogen) atoms. The Bertz CT molecular complexity index is 122. The van der Waals surface area contributed by atoms with Gasteiger partial charge in [-0.05, 0) is 13.0 Å². The van der Waals surface area contributed by atoms with E-state index in [1.807, 2.05) is 13.0 Å². The van der Waals surface area contributed by atoms with E-state index >= 15 is 0 Å². The third-order valence-electron chi connectivity index (χ3n) is 0.890. The molecular formula is C6H11ClNP. The van der Waals surface area contributed by atoms with E-state index in [1.165, 1.54) is 0 Å². The lowest BCUT2D eigenvalue weighted by Crippen LogP contribution is -2.08. The molecule has 0 bridgehead atoms. The fraction of sp³-hybridized carbons (Fsp3) is 0.333. The second-order valence-corrected chi connectivity index (χ2v) is 2.49. The Morgan fingerprint density at radius 2 is 2.44 bits per heavy atom. The van der Waals surface area contributed by atoms with Gasteiger partial charge in [0.15, 0.2) is 0 Å². The number of allylic oxidation sites excluding steroid dienone is 2. The van der Waals surface area contributed by atoms with E-state index < -0.39 is 0 Å². The molecule has 1 nitrogen and oxygen atoms in total. The summed E-state index contributed by atoms with van der Waals surface area (Å²) in [6, 6.07) is 0. The summed E-state index contributed by atoms with van der Waals surface area (Å²) < 4.78 is 0. The van der Waals surface area contributed by atoms with E-state index in [-0.39, 0.29) is 5.50 Å². The van der Waals surface area contributed by atoms with Gasteiger partial charge in [-0.15, -0.1) is 11.6 Å². The first-order valence-electron chi connectivity index (χ1n) is 2.61. The molecule has 0 saturated carbocycles. The van der Waals surface area contributed by atoms with Crippen molar-refractivity contribution in [3.63, 3.8) is 0 Å². The summed E-state index contributed by atoms with van der Waals surface area (Å²) >= 11 is 5.68. The molecule has 0 heterocycles. The Hall–Kier alpha value is 0.160. The van der Waals surface area contributed by atoms with Crippen molar-refractivity contribution in [2.24, 2.45) is 0 Å². The third kappa shape index (κ3) is 4.65. The smallest absolute Gasteiger partial charge is 0.105 e. The van der Waals surface area contributed by atoms with Crippen LogP contribution in [0.3, 0.4) is 0 Å². The topological polar surface area (TPSA) is 12.0 Å². The lowest BCUT2D eigenvalue weighted by atomic mass is 10.3. The average molecular weight is 164 g/mol. The minimum atomic E-state index is -0.118. The Balaban J connectivity index is 3.78. The van der Waals surface area contributed by atoms with Gasteiger partial charge in [-0.25, -0.2) is 0 Å². The zero-order chi connectivity index (χ0) is 7.28. The van der Waals surface area contributed by atoms with Crippen molar-refractivity contribution in [1.29, 1.82) is 0 Å². The molecule has 0 aliphatic carbocycles. The predicted molar refractivity (Wildman–Crippen MR) is 46.4 cm³/mol. The summed E-state index contributed by atoms with van der Waals surface area (Å²) in [6.45, 7) is 5.54. The molecule has 0 aromatic carbocycles. The van der Waals surface area contributed by atoms with Crippen LogP contribution in [0.4, 0.5) is 0 Å². The first-order chi connectivity index (χ1) is 4.20. The second-order valence-electron chi connectivity index (χ2n) is 1.68. The van der Waals surface area contributed by atoms with E-state index in [0.29, 0.717) is 0 Å². The van der Waals surface area contributed by atoms with Crippen LogP contribution in [-0.4, -0.2) is 5.50 Å². The average Bonchev–Trinajstić information content (AvgIpc) is 1.87. The minimum Gasteiger partial charge on any atom is -0.282 e. The highest BCUT2D eigenvalue weighted by atomic mass is 35.5. The first-order valence-corrected chi connectivity index (χ1v) is 3.63. The van der Waals surface area contributed by atoms with E-state index in [2.05, 4.69) is 21.1 Å². The maximum absolute atomic E-state index is 5.68. The predicted octanol–water partition coefficient (Wildman–Crippen LogP) is 2.06. The molecule has 0 fully saturated rings. The fourth-order valence-electron chi connectivity index (χ4n) is 0.347. The van der Waals surface area contributed by atoms with Crippen LogP contribution in [0.1, 0.15) is 6.92 Å². The lowest BCUT2D eigenvalue weighted by molar-refractivity contribution is 1.03. The number of hydrogen-bond donors (Lipinski definition) is 1. The molecule has 0 aromatic rings. The molecule has 0 saturated heterocycles. The summed E-state index contributed by atoms with van der Waals surface area (Å²) in [5.41, 5.74) is 0.956. The zero-order valence-corrected chi connectivity index (χ0v) is 7.31. The first kappa shape index (κ1) is 9.16. The Kier molecular flexibility index (Phi) is 5.07. The van der Waals surface area contributed by atoms with Crippen molar-refractivity contribution >= 4 is 21.0 Å². The van der Waals surface area contributed by atoms with Gasteiger partial charge < -0.3 is 0 Å². The Labute approximate surface area is 63.4 Å². The van der Waals surface area contributed by atoms with Crippen molar-refractivity contribution in [2.45, 2.75) is 12.4 Å².